The summed E-state index contributed by atoms with van der Waals surface area (Å²) in [5, 5.41) is 0.356. The molecule has 3 rings (SSSR count). The standard InChI is InChI=1S/C19H17ClFNO/c1-2-11-3-4-12(14-6-5-13(20)10-16(14)21)9-15(11)19-17(22)7-8-18(19)23/h3-6,9-10H,2,7-8,22H2,1H3. The number of carbonyl (C=O) groups is 1. The molecule has 0 aromatic heterocycles. The molecule has 0 saturated heterocycles. The van der Waals surface area contributed by atoms with Crippen LogP contribution in [0.25, 0.3) is 16.7 Å². The second kappa shape index (κ2) is 6.17. The SMILES string of the molecule is CCc1ccc(-c2ccc(Cl)cc2F)cc1C1=C(N)CCC1=O. The summed E-state index contributed by atoms with van der Waals surface area (Å²) in [6, 6.07) is 10.3. The van der Waals surface area contributed by atoms with Crippen LogP contribution in [0.2, 0.25) is 5.02 Å². The molecule has 2 aromatic carbocycles. The minimum absolute atomic E-state index is 0.0610. The van der Waals surface area contributed by atoms with Crippen LogP contribution in [0.1, 0.15) is 30.9 Å². The number of Topliss-reactive ketones (excluding diaryl/α,β-unsaturated/α-hetero) is 1. The third-order valence-electron chi connectivity index (χ3n) is 4.22. The van der Waals surface area contributed by atoms with Crippen molar-refractivity contribution in [1.29, 1.82) is 0 Å². The monoisotopic (exact) mass is 329 g/mol. The average Bonchev–Trinajstić information content (AvgIpc) is 2.85. The Morgan fingerprint density at radius 3 is 2.52 bits per heavy atom. The first-order chi connectivity index (χ1) is 11.0. The maximum Gasteiger partial charge on any atom is 0.165 e. The predicted octanol–water partition coefficient (Wildman–Crippen LogP) is 4.74. The molecule has 0 atom stereocenters. The van der Waals surface area contributed by atoms with Crippen molar-refractivity contribution in [3.8, 4) is 11.1 Å². The van der Waals surface area contributed by atoms with E-state index in [1.807, 2.05) is 25.1 Å². The Kier molecular flexibility index (Phi) is 4.22. The Hall–Kier alpha value is -2.13. The molecular formula is C19H17ClFNO. The van der Waals surface area contributed by atoms with Gasteiger partial charge in [0.25, 0.3) is 0 Å². The third kappa shape index (κ3) is 2.89. The van der Waals surface area contributed by atoms with Gasteiger partial charge in [-0.3, -0.25) is 4.79 Å². The highest BCUT2D eigenvalue weighted by molar-refractivity contribution is 6.30. The second-order valence-corrected chi connectivity index (χ2v) is 6.11. The first-order valence-corrected chi connectivity index (χ1v) is 7.99. The Balaban J connectivity index is 2.17. The number of aryl methyl sites for hydroxylation is 1. The normalized spacial score (nSPS) is 14.7. The highest BCUT2D eigenvalue weighted by atomic mass is 35.5. The Morgan fingerprint density at radius 1 is 1.13 bits per heavy atom. The molecule has 0 heterocycles. The second-order valence-electron chi connectivity index (χ2n) is 5.67. The molecule has 4 heteroatoms. The number of hydrogen-bond donors (Lipinski definition) is 1. The van der Waals surface area contributed by atoms with E-state index in [0.717, 1.165) is 17.5 Å². The fourth-order valence-electron chi connectivity index (χ4n) is 3.01. The van der Waals surface area contributed by atoms with Crippen molar-refractivity contribution in [2.24, 2.45) is 5.73 Å². The number of nitrogens with two attached hydrogens (primary N) is 1. The number of carbonyl (C=O) groups excluding carboxylic acids is 1. The number of allylic oxidation sites excluding steroid dienone is 2. The molecule has 1 aliphatic rings. The molecule has 1 aliphatic carbocycles. The molecule has 0 unspecified atom stereocenters. The molecule has 118 valence electrons. The molecule has 0 saturated carbocycles. The van der Waals surface area contributed by atoms with Crippen LogP contribution in [0, 0.1) is 5.82 Å². The molecule has 2 N–H and O–H groups in total. The summed E-state index contributed by atoms with van der Waals surface area (Å²) in [6.07, 6.45) is 1.82. The number of halogens is 2. The van der Waals surface area contributed by atoms with E-state index in [2.05, 4.69) is 0 Å². The van der Waals surface area contributed by atoms with Gasteiger partial charge in [0.15, 0.2) is 5.78 Å². The average molecular weight is 330 g/mol. The molecule has 0 amide bonds. The van der Waals surface area contributed by atoms with Gasteiger partial charge in [-0.05, 0) is 53.8 Å². The third-order valence-corrected chi connectivity index (χ3v) is 4.46. The highest BCUT2D eigenvalue weighted by Crippen LogP contribution is 2.34. The smallest absolute Gasteiger partial charge is 0.165 e. The summed E-state index contributed by atoms with van der Waals surface area (Å²) in [6.45, 7) is 2.03. The van der Waals surface area contributed by atoms with Gasteiger partial charge in [-0.25, -0.2) is 4.39 Å². The molecule has 0 aliphatic heterocycles. The van der Waals surface area contributed by atoms with Crippen molar-refractivity contribution < 1.29 is 9.18 Å². The summed E-state index contributed by atoms with van der Waals surface area (Å²) < 4.78 is 14.2. The predicted molar refractivity (Wildman–Crippen MR) is 91.6 cm³/mol. The van der Waals surface area contributed by atoms with Crippen LogP contribution in [0.5, 0.6) is 0 Å². The fourth-order valence-corrected chi connectivity index (χ4v) is 3.17. The summed E-state index contributed by atoms with van der Waals surface area (Å²) in [5.41, 5.74) is 10.3. The zero-order chi connectivity index (χ0) is 16.6. The van der Waals surface area contributed by atoms with Crippen molar-refractivity contribution in [3.63, 3.8) is 0 Å². The number of hydrogen-bond acceptors (Lipinski definition) is 2. The van der Waals surface area contributed by atoms with Gasteiger partial charge in [-0.1, -0.05) is 30.7 Å². The van der Waals surface area contributed by atoms with Gasteiger partial charge in [0.05, 0.1) is 0 Å². The zero-order valence-corrected chi connectivity index (χ0v) is 13.6. The minimum atomic E-state index is -0.382. The first-order valence-electron chi connectivity index (χ1n) is 7.61. The maximum atomic E-state index is 14.2. The van der Waals surface area contributed by atoms with Crippen LogP contribution >= 0.6 is 11.6 Å². The van der Waals surface area contributed by atoms with Gasteiger partial charge in [0, 0.05) is 28.3 Å². The topological polar surface area (TPSA) is 43.1 Å². The fraction of sp³-hybridized carbons (Fsp3) is 0.211. The van der Waals surface area contributed by atoms with Crippen LogP contribution in [-0.4, -0.2) is 5.78 Å². The van der Waals surface area contributed by atoms with E-state index in [9.17, 15) is 9.18 Å². The Labute approximate surface area is 139 Å². The van der Waals surface area contributed by atoms with Crippen molar-refractivity contribution >= 4 is 23.0 Å². The zero-order valence-electron chi connectivity index (χ0n) is 12.8. The molecular weight excluding hydrogens is 313 g/mol. The Bertz CT molecular complexity index is 826. The molecule has 0 radical (unpaired) electrons. The molecule has 0 fully saturated rings. The summed E-state index contributed by atoms with van der Waals surface area (Å²) >= 11 is 5.82. The Morgan fingerprint density at radius 2 is 1.91 bits per heavy atom. The van der Waals surface area contributed by atoms with Gasteiger partial charge >= 0.3 is 0 Å². The van der Waals surface area contributed by atoms with Crippen LogP contribution in [0.3, 0.4) is 0 Å². The van der Waals surface area contributed by atoms with Crippen LogP contribution in [0.15, 0.2) is 42.1 Å². The van der Waals surface area contributed by atoms with Crippen LogP contribution in [-0.2, 0) is 11.2 Å². The van der Waals surface area contributed by atoms with Crippen molar-refractivity contribution in [2.45, 2.75) is 26.2 Å². The largest absolute Gasteiger partial charge is 0.401 e. The molecule has 0 spiro atoms. The quantitative estimate of drug-likeness (QED) is 0.883. The molecule has 2 nitrogen and oxygen atoms in total. The van der Waals surface area contributed by atoms with Gasteiger partial charge < -0.3 is 5.73 Å². The maximum absolute atomic E-state index is 14.2. The number of benzene rings is 2. The van der Waals surface area contributed by atoms with Crippen LogP contribution in [0.4, 0.5) is 4.39 Å². The minimum Gasteiger partial charge on any atom is -0.401 e. The summed E-state index contributed by atoms with van der Waals surface area (Å²) in [5.74, 6) is -0.321. The van der Waals surface area contributed by atoms with Crippen molar-refractivity contribution in [2.75, 3.05) is 0 Å². The van der Waals surface area contributed by atoms with Crippen molar-refractivity contribution in [1.82, 2.24) is 0 Å². The summed E-state index contributed by atoms with van der Waals surface area (Å²) in [7, 11) is 0. The van der Waals surface area contributed by atoms with E-state index in [4.69, 9.17) is 17.3 Å². The molecule has 2 aromatic rings. The lowest BCUT2D eigenvalue weighted by Crippen LogP contribution is -2.04. The highest BCUT2D eigenvalue weighted by Gasteiger charge is 2.24. The van der Waals surface area contributed by atoms with Gasteiger partial charge in [0.2, 0.25) is 0 Å². The van der Waals surface area contributed by atoms with E-state index in [1.165, 1.54) is 6.07 Å². The van der Waals surface area contributed by atoms with Crippen LogP contribution < -0.4 is 5.73 Å². The van der Waals surface area contributed by atoms with E-state index in [1.54, 1.807) is 12.1 Å². The van der Waals surface area contributed by atoms with E-state index in [-0.39, 0.29) is 11.6 Å². The lowest BCUT2D eigenvalue weighted by Gasteiger charge is -2.13. The van der Waals surface area contributed by atoms with E-state index in [0.29, 0.717) is 40.3 Å². The first kappa shape index (κ1) is 15.8. The van der Waals surface area contributed by atoms with Gasteiger partial charge in [-0.2, -0.15) is 0 Å². The van der Waals surface area contributed by atoms with Crippen molar-refractivity contribution in [3.05, 3.63) is 64.1 Å². The molecule has 0 bridgehead atoms. The van der Waals surface area contributed by atoms with E-state index < -0.39 is 0 Å². The van der Waals surface area contributed by atoms with Gasteiger partial charge in [0.1, 0.15) is 5.82 Å². The van der Waals surface area contributed by atoms with Gasteiger partial charge in [-0.15, -0.1) is 0 Å². The number of rotatable bonds is 3. The number of ketones is 1. The lowest BCUT2D eigenvalue weighted by atomic mass is 9.92. The molecule has 23 heavy (non-hydrogen) atoms. The summed E-state index contributed by atoms with van der Waals surface area (Å²) in [4.78, 5) is 12.2. The van der Waals surface area contributed by atoms with E-state index >= 15 is 0 Å². The lowest BCUT2D eigenvalue weighted by molar-refractivity contribution is -0.113.